The molecule has 16 heavy (non-hydrogen) atoms. The molecule has 0 aliphatic heterocycles. The largest absolute Gasteiger partial charge is 0.394 e. The van der Waals surface area contributed by atoms with Gasteiger partial charge >= 0.3 is 0 Å². The fourth-order valence-corrected chi connectivity index (χ4v) is 1.95. The molecule has 1 rings (SSSR count). The topological polar surface area (TPSA) is 61.4 Å². The average molecular weight is 228 g/mol. The van der Waals surface area contributed by atoms with E-state index in [1.807, 2.05) is 20.8 Å². The summed E-state index contributed by atoms with van der Waals surface area (Å²) in [7, 11) is 0. The molecule has 0 heterocycles. The van der Waals surface area contributed by atoms with Crippen LogP contribution in [0.25, 0.3) is 0 Å². The van der Waals surface area contributed by atoms with Crippen LogP contribution in [0.15, 0.2) is 0 Å². The Labute approximate surface area is 97.8 Å². The van der Waals surface area contributed by atoms with Crippen molar-refractivity contribution in [2.45, 2.75) is 64.1 Å². The van der Waals surface area contributed by atoms with Crippen LogP contribution in [0.3, 0.4) is 0 Å². The predicted octanol–water partition coefficient (Wildman–Crippen LogP) is 0.794. The minimum absolute atomic E-state index is 0.0223. The Hall–Kier alpha value is -0.610. The quantitative estimate of drug-likeness (QED) is 0.630. The fraction of sp³-hybridized carbons (Fsp3) is 0.917. The van der Waals surface area contributed by atoms with E-state index in [1.54, 1.807) is 0 Å². The van der Waals surface area contributed by atoms with Gasteiger partial charge in [-0.3, -0.25) is 10.1 Å². The SMILES string of the molecule is CCC(C)NC(=O)C(C)NC1(CO)CCC1. The van der Waals surface area contributed by atoms with Crippen molar-refractivity contribution in [1.82, 2.24) is 10.6 Å². The summed E-state index contributed by atoms with van der Waals surface area (Å²) >= 11 is 0. The van der Waals surface area contributed by atoms with Gasteiger partial charge in [0, 0.05) is 11.6 Å². The first-order valence-corrected chi connectivity index (χ1v) is 6.22. The van der Waals surface area contributed by atoms with Gasteiger partial charge in [0.2, 0.25) is 5.91 Å². The maximum Gasteiger partial charge on any atom is 0.237 e. The smallest absolute Gasteiger partial charge is 0.237 e. The Morgan fingerprint density at radius 3 is 2.44 bits per heavy atom. The summed E-state index contributed by atoms with van der Waals surface area (Å²) in [5.41, 5.74) is -0.202. The van der Waals surface area contributed by atoms with E-state index in [1.165, 1.54) is 0 Å². The number of carbonyl (C=O) groups is 1. The molecule has 0 spiro atoms. The highest BCUT2D eigenvalue weighted by Crippen LogP contribution is 2.31. The first-order chi connectivity index (χ1) is 7.53. The Morgan fingerprint density at radius 2 is 2.06 bits per heavy atom. The third kappa shape index (κ3) is 3.19. The van der Waals surface area contributed by atoms with Gasteiger partial charge in [-0.25, -0.2) is 0 Å². The summed E-state index contributed by atoms with van der Waals surface area (Å²) in [5.74, 6) is 0.0223. The van der Waals surface area contributed by atoms with Gasteiger partial charge in [-0.1, -0.05) is 6.92 Å². The van der Waals surface area contributed by atoms with Gasteiger partial charge in [0.25, 0.3) is 0 Å². The number of amides is 1. The molecule has 1 aliphatic carbocycles. The van der Waals surface area contributed by atoms with Crippen molar-refractivity contribution >= 4 is 5.91 Å². The van der Waals surface area contributed by atoms with Crippen LogP contribution < -0.4 is 10.6 Å². The molecule has 0 saturated heterocycles. The number of aliphatic hydroxyl groups excluding tert-OH is 1. The zero-order valence-electron chi connectivity index (χ0n) is 10.5. The van der Waals surface area contributed by atoms with Gasteiger partial charge in [-0.2, -0.15) is 0 Å². The summed E-state index contributed by atoms with van der Waals surface area (Å²) in [4.78, 5) is 11.8. The molecule has 0 bridgehead atoms. The van der Waals surface area contributed by atoms with Crippen molar-refractivity contribution in [3.8, 4) is 0 Å². The third-order valence-corrected chi connectivity index (χ3v) is 3.53. The minimum atomic E-state index is -0.235. The summed E-state index contributed by atoms with van der Waals surface area (Å²) in [6.07, 6.45) is 3.99. The van der Waals surface area contributed by atoms with E-state index in [0.29, 0.717) is 0 Å². The molecular weight excluding hydrogens is 204 g/mol. The summed E-state index contributed by atoms with van der Waals surface area (Å²) in [6, 6.07) is -0.0235. The van der Waals surface area contributed by atoms with Gasteiger partial charge < -0.3 is 10.4 Å². The Balaban J connectivity index is 2.39. The van der Waals surface area contributed by atoms with E-state index < -0.39 is 0 Å². The first kappa shape index (κ1) is 13.5. The molecule has 4 heteroatoms. The number of nitrogens with one attached hydrogen (secondary N) is 2. The maximum absolute atomic E-state index is 11.8. The van der Waals surface area contributed by atoms with E-state index in [9.17, 15) is 9.90 Å². The average Bonchev–Trinajstić information content (AvgIpc) is 2.22. The predicted molar refractivity (Wildman–Crippen MR) is 64.2 cm³/mol. The first-order valence-electron chi connectivity index (χ1n) is 6.22. The molecule has 1 amide bonds. The van der Waals surface area contributed by atoms with Crippen molar-refractivity contribution in [3.05, 3.63) is 0 Å². The summed E-state index contributed by atoms with van der Waals surface area (Å²) in [5, 5.41) is 15.5. The molecule has 4 nitrogen and oxygen atoms in total. The van der Waals surface area contributed by atoms with Gasteiger partial charge in [-0.05, 0) is 39.5 Å². The van der Waals surface area contributed by atoms with Crippen LogP contribution in [0.2, 0.25) is 0 Å². The zero-order valence-corrected chi connectivity index (χ0v) is 10.5. The van der Waals surface area contributed by atoms with Crippen LogP contribution in [-0.4, -0.2) is 35.2 Å². The van der Waals surface area contributed by atoms with Crippen molar-refractivity contribution in [2.24, 2.45) is 0 Å². The minimum Gasteiger partial charge on any atom is -0.394 e. The van der Waals surface area contributed by atoms with Crippen molar-refractivity contribution in [2.75, 3.05) is 6.61 Å². The molecule has 94 valence electrons. The molecule has 2 atom stereocenters. The number of carbonyl (C=O) groups excluding carboxylic acids is 1. The molecule has 2 unspecified atom stereocenters. The Bertz CT molecular complexity index is 234. The lowest BCUT2D eigenvalue weighted by Gasteiger charge is -2.43. The lowest BCUT2D eigenvalue weighted by Crippen LogP contribution is -2.60. The molecule has 1 saturated carbocycles. The van der Waals surface area contributed by atoms with Crippen LogP contribution in [0, 0.1) is 0 Å². The van der Waals surface area contributed by atoms with Gasteiger partial charge in [-0.15, -0.1) is 0 Å². The lowest BCUT2D eigenvalue weighted by atomic mass is 9.77. The summed E-state index contributed by atoms with van der Waals surface area (Å²) < 4.78 is 0. The van der Waals surface area contributed by atoms with Crippen LogP contribution >= 0.6 is 0 Å². The normalized spacial score (nSPS) is 22.0. The molecule has 1 aliphatic rings. The summed E-state index contributed by atoms with van der Waals surface area (Å²) in [6.45, 7) is 6.02. The second kappa shape index (κ2) is 5.64. The fourth-order valence-electron chi connectivity index (χ4n) is 1.95. The van der Waals surface area contributed by atoms with Crippen LogP contribution in [0.1, 0.15) is 46.5 Å². The van der Waals surface area contributed by atoms with Crippen molar-refractivity contribution < 1.29 is 9.90 Å². The molecule has 0 aromatic carbocycles. The Kier molecular flexibility index (Phi) is 4.74. The van der Waals surface area contributed by atoms with Gasteiger partial charge in [0.05, 0.1) is 12.6 Å². The standard InChI is InChI=1S/C12H24N2O2/c1-4-9(2)13-11(16)10(3)14-12(8-15)6-5-7-12/h9-10,14-15H,4-8H2,1-3H3,(H,13,16). The molecule has 0 radical (unpaired) electrons. The van der Waals surface area contributed by atoms with Crippen molar-refractivity contribution in [3.63, 3.8) is 0 Å². The second-order valence-corrected chi connectivity index (χ2v) is 4.98. The number of hydrogen-bond donors (Lipinski definition) is 3. The highest BCUT2D eigenvalue weighted by Gasteiger charge is 2.38. The molecule has 0 aromatic heterocycles. The highest BCUT2D eigenvalue weighted by molar-refractivity contribution is 5.81. The number of hydrogen-bond acceptors (Lipinski definition) is 3. The van der Waals surface area contributed by atoms with E-state index in [-0.39, 0.29) is 30.1 Å². The van der Waals surface area contributed by atoms with Crippen LogP contribution in [0.5, 0.6) is 0 Å². The molecular formula is C12H24N2O2. The maximum atomic E-state index is 11.8. The molecule has 1 fully saturated rings. The Morgan fingerprint density at radius 1 is 1.44 bits per heavy atom. The van der Waals surface area contributed by atoms with E-state index >= 15 is 0 Å². The van der Waals surface area contributed by atoms with Gasteiger partial charge in [0.1, 0.15) is 0 Å². The van der Waals surface area contributed by atoms with Crippen LogP contribution in [0.4, 0.5) is 0 Å². The zero-order chi connectivity index (χ0) is 12.2. The van der Waals surface area contributed by atoms with Crippen LogP contribution in [-0.2, 0) is 4.79 Å². The monoisotopic (exact) mass is 228 g/mol. The molecule has 0 aromatic rings. The van der Waals surface area contributed by atoms with Gasteiger partial charge in [0.15, 0.2) is 0 Å². The third-order valence-electron chi connectivity index (χ3n) is 3.53. The van der Waals surface area contributed by atoms with E-state index in [4.69, 9.17) is 0 Å². The van der Waals surface area contributed by atoms with Crippen molar-refractivity contribution in [1.29, 1.82) is 0 Å². The number of aliphatic hydroxyl groups is 1. The number of rotatable bonds is 6. The van der Waals surface area contributed by atoms with E-state index in [0.717, 1.165) is 25.7 Å². The van der Waals surface area contributed by atoms with E-state index in [2.05, 4.69) is 10.6 Å². The second-order valence-electron chi connectivity index (χ2n) is 4.98. The highest BCUT2D eigenvalue weighted by atomic mass is 16.3. The lowest BCUT2D eigenvalue weighted by molar-refractivity contribution is -0.124. The molecule has 3 N–H and O–H groups in total.